The summed E-state index contributed by atoms with van der Waals surface area (Å²) in [5.41, 5.74) is 1.82. The molecule has 1 aliphatic rings. The molecule has 1 heterocycles. The van der Waals surface area contributed by atoms with Gasteiger partial charge in [-0.1, -0.05) is 42.5 Å². The quantitative estimate of drug-likeness (QED) is 0.858. The topological polar surface area (TPSA) is 67.4 Å². The van der Waals surface area contributed by atoms with Crippen molar-refractivity contribution in [3.63, 3.8) is 0 Å². The summed E-state index contributed by atoms with van der Waals surface area (Å²) in [6.45, 7) is 0.411. The molecule has 2 aromatic rings. The number of anilines is 1. The number of hydrogen-bond donors (Lipinski definition) is 2. The van der Waals surface area contributed by atoms with E-state index in [9.17, 15) is 9.59 Å². The second-order valence-electron chi connectivity index (χ2n) is 5.72. The fourth-order valence-corrected chi connectivity index (χ4v) is 2.62. The van der Waals surface area contributed by atoms with Gasteiger partial charge in [-0.2, -0.15) is 0 Å². The highest BCUT2D eigenvalue weighted by molar-refractivity contribution is 5.97. The Kier molecular flexibility index (Phi) is 5.11. The van der Waals surface area contributed by atoms with Crippen molar-refractivity contribution in [3.8, 4) is 5.75 Å². The summed E-state index contributed by atoms with van der Waals surface area (Å²) < 4.78 is 5.69. The van der Waals surface area contributed by atoms with Crippen LogP contribution in [-0.2, 0) is 16.0 Å². The molecule has 0 saturated heterocycles. The number of para-hydroxylation sites is 2. The second kappa shape index (κ2) is 7.64. The zero-order chi connectivity index (χ0) is 16.8. The first-order valence-electron chi connectivity index (χ1n) is 8.09. The van der Waals surface area contributed by atoms with Crippen molar-refractivity contribution in [2.45, 2.75) is 25.4 Å². The van der Waals surface area contributed by atoms with E-state index in [2.05, 4.69) is 10.6 Å². The number of rotatable bonds is 6. The van der Waals surface area contributed by atoms with Crippen LogP contribution in [0.3, 0.4) is 0 Å². The van der Waals surface area contributed by atoms with E-state index in [0.717, 1.165) is 5.56 Å². The Bertz CT molecular complexity index is 716. The third kappa shape index (κ3) is 4.13. The first-order chi connectivity index (χ1) is 11.7. The van der Waals surface area contributed by atoms with Crippen LogP contribution in [0.25, 0.3) is 0 Å². The molecule has 2 aromatic carbocycles. The molecule has 0 aliphatic carbocycles. The number of ether oxygens (including phenoxy) is 1. The fraction of sp³-hybridized carbons (Fsp3) is 0.263. The van der Waals surface area contributed by atoms with E-state index in [0.29, 0.717) is 37.2 Å². The minimum Gasteiger partial charge on any atom is -0.478 e. The zero-order valence-corrected chi connectivity index (χ0v) is 13.3. The van der Waals surface area contributed by atoms with Gasteiger partial charge in [0.2, 0.25) is 5.91 Å². The molecule has 0 bridgehead atoms. The molecule has 0 aromatic heterocycles. The lowest BCUT2D eigenvalue weighted by Crippen LogP contribution is -2.39. The molecule has 5 heteroatoms. The van der Waals surface area contributed by atoms with Crippen LogP contribution in [0.15, 0.2) is 54.6 Å². The standard InChI is InChI=1S/C19H20N2O3/c22-18(11-10-14-6-2-1-3-7-14)20-13-12-17-19(23)21-15-8-4-5-9-16(15)24-17/h1-9,17H,10-13H2,(H,20,22)(H,21,23). The molecule has 1 aliphatic heterocycles. The highest BCUT2D eigenvalue weighted by Gasteiger charge is 2.26. The Morgan fingerprint density at radius 2 is 1.83 bits per heavy atom. The average Bonchev–Trinajstić information content (AvgIpc) is 2.61. The summed E-state index contributed by atoms with van der Waals surface area (Å²) in [5.74, 6) is 0.472. The maximum absolute atomic E-state index is 12.0. The van der Waals surface area contributed by atoms with Crippen LogP contribution in [0.1, 0.15) is 18.4 Å². The summed E-state index contributed by atoms with van der Waals surface area (Å²) in [7, 11) is 0. The number of benzene rings is 2. The Labute approximate surface area is 141 Å². The van der Waals surface area contributed by atoms with Crippen LogP contribution in [-0.4, -0.2) is 24.5 Å². The SMILES string of the molecule is O=C(CCc1ccccc1)NCCC1Oc2ccccc2NC1=O. The van der Waals surface area contributed by atoms with Crippen LogP contribution in [0.4, 0.5) is 5.69 Å². The average molecular weight is 324 g/mol. The molecule has 0 fully saturated rings. The van der Waals surface area contributed by atoms with Crippen molar-refractivity contribution in [1.82, 2.24) is 5.32 Å². The predicted octanol–water partition coefficient (Wildman–Crippen LogP) is 2.53. The van der Waals surface area contributed by atoms with E-state index in [1.807, 2.05) is 48.5 Å². The van der Waals surface area contributed by atoms with Gasteiger partial charge in [0.15, 0.2) is 6.10 Å². The van der Waals surface area contributed by atoms with E-state index in [-0.39, 0.29) is 11.8 Å². The number of fused-ring (bicyclic) bond motifs is 1. The molecule has 2 N–H and O–H groups in total. The van der Waals surface area contributed by atoms with Gasteiger partial charge in [-0.05, 0) is 24.1 Å². The van der Waals surface area contributed by atoms with Gasteiger partial charge < -0.3 is 15.4 Å². The molecular weight excluding hydrogens is 304 g/mol. The summed E-state index contributed by atoms with van der Waals surface area (Å²) in [4.78, 5) is 23.9. The van der Waals surface area contributed by atoms with Crippen LogP contribution >= 0.6 is 0 Å². The number of aryl methyl sites for hydroxylation is 1. The minimum absolute atomic E-state index is 0.0181. The van der Waals surface area contributed by atoms with Gasteiger partial charge in [0.05, 0.1) is 5.69 Å². The van der Waals surface area contributed by atoms with Gasteiger partial charge in [-0.3, -0.25) is 9.59 Å². The summed E-state index contributed by atoms with van der Waals surface area (Å²) >= 11 is 0. The van der Waals surface area contributed by atoms with Gasteiger partial charge in [-0.25, -0.2) is 0 Å². The van der Waals surface area contributed by atoms with Gasteiger partial charge in [0, 0.05) is 19.4 Å². The molecule has 0 radical (unpaired) electrons. The number of amides is 2. The van der Waals surface area contributed by atoms with Crippen LogP contribution < -0.4 is 15.4 Å². The summed E-state index contributed by atoms with van der Waals surface area (Å²) in [6.07, 6.45) is 1.01. The smallest absolute Gasteiger partial charge is 0.265 e. The van der Waals surface area contributed by atoms with Crippen LogP contribution in [0.2, 0.25) is 0 Å². The number of hydrogen-bond acceptors (Lipinski definition) is 3. The third-order valence-electron chi connectivity index (χ3n) is 3.92. The van der Waals surface area contributed by atoms with Crippen molar-refractivity contribution < 1.29 is 14.3 Å². The lowest BCUT2D eigenvalue weighted by Gasteiger charge is -2.25. The molecule has 124 valence electrons. The summed E-state index contributed by atoms with van der Waals surface area (Å²) in [5, 5.41) is 5.66. The van der Waals surface area contributed by atoms with E-state index >= 15 is 0 Å². The highest BCUT2D eigenvalue weighted by atomic mass is 16.5. The number of nitrogens with one attached hydrogen (secondary N) is 2. The zero-order valence-electron chi connectivity index (χ0n) is 13.3. The van der Waals surface area contributed by atoms with E-state index in [4.69, 9.17) is 4.74 Å². The molecule has 5 nitrogen and oxygen atoms in total. The molecule has 1 unspecified atom stereocenters. The molecule has 1 atom stereocenters. The largest absolute Gasteiger partial charge is 0.478 e. The monoisotopic (exact) mass is 324 g/mol. The first-order valence-corrected chi connectivity index (χ1v) is 8.09. The Morgan fingerprint density at radius 1 is 1.08 bits per heavy atom. The number of carbonyl (C=O) groups excluding carboxylic acids is 2. The van der Waals surface area contributed by atoms with E-state index in [1.165, 1.54) is 0 Å². The lowest BCUT2D eigenvalue weighted by molar-refractivity contribution is -0.125. The van der Waals surface area contributed by atoms with Gasteiger partial charge in [-0.15, -0.1) is 0 Å². The van der Waals surface area contributed by atoms with Gasteiger partial charge in [0.1, 0.15) is 5.75 Å². The van der Waals surface area contributed by atoms with Crippen LogP contribution in [0, 0.1) is 0 Å². The second-order valence-corrected chi connectivity index (χ2v) is 5.72. The Morgan fingerprint density at radius 3 is 2.67 bits per heavy atom. The predicted molar refractivity (Wildman–Crippen MR) is 91.9 cm³/mol. The van der Waals surface area contributed by atoms with Crippen molar-refractivity contribution in [1.29, 1.82) is 0 Å². The highest BCUT2D eigenvalue weighted by Crippen LogP contribution is 2.29. The van der Waals surface area contributed by atoms with Gasteiger partial charge >= 0.3 is 0 Å². The normalized spacial score (nSPS) is 15.8. The molecule has 2 amide bonds. The molecule has 24 heavy (non-hydrogen) atoms. The maximum atomic E-state index is 12.0. The van der Waals surface area contributed by atoms with E-state index in [1.54, 1.807) is 6.07 Å². The molecule has 0 saturated carbocycles. The fourth-order valence-electron chi connectivity index (χ4n) is 2.62. The van der Waals surface area contributed by atoms with Crippen LogP contribution in [0.5, 0.6) is 5.75 Å². The number of carbonyl (C=O) groups is 2. The minimum atomic E-state index is -0.575. The molecule has 0 spiro atoms. The summed E-state index contributed by atoms with van der Waals surface area (Å²) in [6, 6.07) is 17.2. The third-order valence-corrected chi connectivity index (χ3v) is 3.92. The lowest BCUT2D eigenvalue weighted by atomic mass is 10.1. The van der Waals surface area contributed by atoms with Crippen molar-refractivity contribution in [3.05, 3.63) is 60.2 Å². The van der Waals surface area contributed by atoms with Gasteiger partial charge in [0.25, 0.3) is 5.91 Å². The Balaban J connectivity index is 1.42. The first kappa shape index (κ1) is 16.1. The molecular formula is C19H20N2O3. The van der Waals surface area contributed by atoms with Crippen molar-refractivity contribution >= 4 is 17.5 Å². The van der Waals surface area contributed by atoms with Crippen molar-refractivity contribution in [2.75, 3.05) is 11.9 Å². The Hall–Kier alpha value is -2.82. The molecule has 3 rings (SSSR count). The van der Waals surface area contributed by atoms with Crippen molar-refractivity contribution in [2.24, 2.45) is 0 Å². The maximum Gasteiger partial charge on any atom is 0.265 e. The van der Waals surface area contributed by atoms with E-state index < -0.39 is 6.10 Å².